The number of hydrogen-bond acceptors (Lipinski definition) is 4. The molecule has 2 aromatic rings. The summed E-state index contributed by atoms with van der Waals surface area (Å²) < 4.78 is 27.4. The van der Waals surface area contributed by atoms with Gasteiger partial charge in [0.05, 0.1) is 11.4 Å². The Morgan fingerprint density at radius 1 is 1.39 bits per heavy atom. The normalized spacial score (nSPS) is 10.4. The minimum atomic E-state index is -1.05. The number of halogens is 2. The second-order valence-corrected chi connectivity index (χ2v) is 4.87. The zero-order valence-electron chi connectivity index (χ0n) is 9.33. The van der Waals surface area contributed by atoms with Crippen LogP contribution in [-0.2, 0) is 0 Å². The van der Waals surface area contributed by atoms with E-state index in [0.717, 1.165) is 5.69 Å². The van der Waals surface area contributed by atoms with Crippen molar-refractivity contribution in [1.29, 1.82) is 0 Å². The molecule has 1 aromatic heterocycles. The monoisotopic (exact) mass is 285 g/mol. The molecule has 1 aromatic carbocycles. The van der Waals surface area contributed by atoms with Gasteiger partial charge in [-0.1, -0.05) is 12.2 Å². The highest BCUT2D eigenvalue weighted by Gasteiger charge is 2.15. The molecule has 2 rings (SSSR count). The van der Waals surface area contributed by atoms with Crippen LogP contribution in [0.5, 0.6) is 0 Å². The van der Waals surface area contributed by atoms with E-state index in [1.165, 1.54) is 23.5 Å². The average Bonchev–Trinajstić information content (AvgIpc) is 2.70. The van der Waals surface area contributed by atoms with Crippen LogP contribution in [0.1, 0.15) is 11.3 Å². The van der Waals surface area contributed by atoms with Crippen LogP contribution in [-0.4, -0.2) is 9.97 Å². The lowest BCUT2D eigenvalue weighted by molar-refractivity contribution is 0.510. The van der Waals surface area contributed by atoms with Crippen LogP contribution in [0.3, 0.4) is 0 Å². The molecule has 0 aliphatic rings. The minimum Gasteiger partial charge on any atom is -0.389 e. The van der Waals surface area contributed by atoms with E-state index < -0.39 is 11.6 Å². The summed E-state index contributed by atoms with van der Waals surface area (Å²) in [5.74, 6) is -2.08. The molecule has 3 nitrogen and oxygen atoms in total. The fourth-order valence-electron chi connectivity index (χ4n) is 1.36. The standard InChI is InChI=1S/C11H9F2N3S2/c1-5-4-18-11(15-5)16-7-3-2-6(10(14)17)8(12)9(7)13/h2-4H,1H3,(H2,14,17)(H,15,16). The Bertz CT molecular complexity index is 610. The number of rotatable bonds is 3. The summed E-state index contributed by atoms with van der Waals surface area (Å²) >= 11 is 5.93. The van der Waals surface area contributed by atoms with Gasteiger partial charge in [0.15, 0.2) is 16.8 Å². The summed E-state index contributed by atoms with van der Waals surface area (Å²) in [4.78, 5) is 3.92. The Hall–Kier alpha value is -1.60. The van der Waals surface area contributed by atoms with E-state index in [1.807, 2.05) is 6.92 Å². The fraction of sp³-hybridized carbons (Fsp3) is 0.0909. The van der Waals surface area contributed by atoms with Gasteiger partial charge in [-0.15, -0.1) is 11.3 Å². The predicted octanol–water partition coefficient (Wildman–Crippen LogP) is 3.11. The Morgan fingerprint density at radius 2 is 2.11 bits per heavy atom. The molecule has 0 aliphatic carbocycles. The maximum atomic E-state index is 13.7. The molecule has 0 saturated carbocycles. The Labute approximate surface area is 112 Å². The van der Waals surface area contributed by atoms with Gasteiger partial charge in [0.1, 0.15) is 4.99 Å². The van der Waals surface area contributed by atoms with Crippen molar-refractivity contribution in [3.63, 3.8) is 0 Å². The van der Waals surface area contributed by atoms with Crippen molar-refractivity contribution in [3.05, 3.63) is 40.4 Å². The van der Waals surface area contributed by atoms with Crippen molar-refractivity contribution in [2.45, 2.75) is 6.92 Å². The smallest absolute Gasteiger partial charge is 0.187 e. The molecule has 0 radical (unpaired) electrons. The van der Waals surface area contributed by atoms with Crippen molar-refractivity contribution in [2.24, 2.45) is 5.73 Å². The van der Waals surface area contributed by atoms with E-state index in [2.05, 4.69) is 22.5 Å². The predicted molar refractivity (Wildman–Crippen MR) is 72.4 cm³/mol. The highest BCUT2D eigenvalue weighted by atomic mass is 32.1. The third-order valence-electron chi connectivity index (χ3n) is 2.21. The van der Waals surface area contributed by atoms with E-state index in [9.17, 15) is 8.78 Å². The molecule has 0 bridgehead atoms. The molecule has 0 saturated heterocycles. The topological polar surface area (TPSA) is 50.9 Å². The number of thiocarbonyl (C=S) groups is 1. The molecule has 0 amide bonds. The number of nitrogens with two attached hydrogens (primary N) is 1. The minimum absolute atomic E-state index is 0.00171. The van der Waals surface area contributed by atoms with Crippen LogP contribution in [0.25, 0.3) is 0 Å². The lowest BCUT2D eigenvalue weighted by Gasteiger charge is -2.07. The summed E-state index contributed by atoms with van der Waals surface area (Å²) in [5.41, 5.74) is 5.99. The molecule has 7 heteroatoms. The summed E-state index contributed by atoms with van der Waals surface area (Å²) in [5, 5.41) is 5.01. The first-order valence-corrected chi connectivity index (χ1v) is 6.25. The average molecular weight is 285 g/mol. The van der Waals surface area contributed by atoms with E-state index in [-0.39, 0.29) is 16.2 Å². The van der Waals surface area contributed by atoms with Crippen LogP contribution in [0.15, 0.2) is 17.5 Å². The highest BCUT2D eigenvalue weighted by Crippen LogP contribution is 2.25. The zero-order valence-corrected chi connectivity index (χ0v) is 11.0. The number of aryl methyl sites for hydroxylation is 1. The van der Waals surface area contributed by atoms with Gasteiger partial charge in [-0.3, -0.25) is 0 Å². The van der Waals surface area contributed by atoms with Gasteiger partial charge in [0, 0.05) is 10.9 Å². The van der Waals surface area contributed by atoms with E-state index in [0.29, 0.717) is 5.13 Å². The Morgan fingerprint density at radius 3 is 2.67 bits per heavy atom. The summed E-state index contributed by atoms with van der Waals surface area (Å²) in [6.45, 7) is 1.81. The van der Waals surface area contributed by atoms with E-state index >= 15 is 0 Å². The van der Waals surface area contributed by atoms with Crippen molar-refractivity contribution in [3.8, 4) is 0 Å². The lowest BCUT2D eigenvalue weighted by atomic mass is 10.2. The van der Waals surface area contributed by atoms with Gasteiger partial charge in [-0.2, -0.15) is 0 Å². The first kappa shape index (κ1) is 12.8. The van der Waals surface area contributed by atoms with Crippen molar-refractivity contribution < 1.29 is 8.78 Å². The molecule has 0 spiro atoms. The first-order valence-electron chi connectivity index (χ1n) is 4.96. The molecule has 0 aliphatic heterocycles. The lowest BCUT2D eigenvalue weighted by Crippen LogP contribution is -2.13. The number of thiazole rings is 1. The van der Waals surface area contributed by atoms with Crippen LogP contribution in [0.4, 0.5) is 19.6 Å². The van der Waals surface area contributed by atoms with Crippen LogP contribution < -0.4 is 11.1 Å². The van der Waals surface area contributed by atoms with Gasteiger partial charge in [-0.25, -0.2) is 13.8 Å². The molecule has 94 valence electrons. The summed E-state index contributed by atoms with van der Waals surface area (Å²) in [6.07, 6.45) is 0. The van der Waals surface area contributed by atoms with Crippen LogP contribution in [0.2, 0.25) is 0 Å². The van der Waals surface area contributed by atoms with Crippen molar-refractivity contribution >= 4 is 39.4 Å². The molecular formula is C11H9F2N3S2. The Kier molecular flexibility index (Phi) is 3.53. The molecule has 0 atom stereocenters. The Balaban J connectivity index is 2.35. The van der Waals surface area contributed by atoms with Crippen LogP contribution >= 0.6 is 23.6 Å². The zero-order chi connectivity index (χ0) is 13.3. The quantitative estimate of drug-likeness (QED) is 0.851. The molecule has 3 N–H and O–H groups in total. The van der Waals surface area contributed by atoms with Gasteiger partial charge >= 0.3 is 0 Å². The summed E-state index contributed by atoms with van der Waals surface area (Å²) in [7, 11) is 0. The van der Waals surface area contributed by atoms with Gasteiger partial charge < -0.3 is 11.1 Å². The number of hydrogen-bond donors (Lipinski definition) is 2. The third kappa shape index (κ3) is 2.46. The van der Waals surface area contributed by atoms with Crippen molar-refractivity contribution in [1.82, 2.24) is 4.98 Å². The van der Waals surface area contributed by atoms with E-state index in [4.69, 9.17) is 5.73 Å². The first-order chi connectivity index (χ1) is 8.49. The van der Waals surface area contributed by atoms with Crippen molar-refractivity contribution in [2.75, 3.05) is 5.32 Å². The van der Waals surface area contributed by atoms with E-state index in [1.54, 1.807) is 5.38 Å². The maximum absolute atomic E-state index is 13.7. The molecular weight excluding hydrogens is 276 g/mol. The highest BCUT2D eigenvalue weighted by molar-refractivity contribution is 7.80. The SMILES string of the molecule is Cc1csc(Nc2ccc(C(N)=S)c(F)c2F)n1. The van der Waals surface area contributed by atoms with Gasteiger partial charge in [0.25, 0.3) is 0 Å². The number of nitrogens with one attached hydrogen (secondary N) is 1. The second-order valence-electron chi connectivity index (χ2n) is 3.57. The maximum Gasteiger partial charge on any atom is 0.187 e. The summed E-state index contributed by atoms with van der Waals surface area (Å²) in [6, 6.07) is 2.72. The number of anilines is 2. The molecule has 0 fully saturated rings. The fourth-order valence-corrected chi connectivity index (χ4v) is 2.22. The largest absolute Gasteiger partial charge is 0.389 e. The molecule has 18 heavy (non-hydrogen) atoms. The third-order valence-corrected chi connectivity index (χ3v) is 3.30. The van der Waals surface area contributed by atoms with Gasteiger partial charge in [-0.05, 0) is 19.1 Å². The van der Waals surface area contributed by atoms with Crippen LogP contribution in [0, 0.1) is 18.6 Å². The number of aromatic nitrogens is 1. The molecule has 0 unspecified atom stereocenters. The number of benzene rings is 1. The second kappa shape index (κ2) is 4.95. The van der Waals surface area contributed by atoms with Gasteiger partial charge in [0.2, 0.25) is 0 Å². The number of nitrogens with zero attached hydrogens (tertiary/aromatic N) is 1. The molecule has 1 heterocycles.